The molecule has 2 aromatic rings. The average Bonchev–Trinajstić information content (AvgIpc) is 2.86. The van der Waals surface area contributed by atoms with Crippen LogP contribution < -0.4 is 10.1 Å². The second-order valence-electron chi connectivity index (χ2n) is 5.75. The van der Waals surface area contributed by atoms with E-state index >= 15 is 0 Å². The van der Waals surface area contributed by atoms with Crippen molar-refractivity contribution < 1.29 is 9.53 Å². The quantitative estimate of drug-likeness (QED) is 0.895. The number of Topliss-reactive ketones (excluding diaryl/α,β-unsaturated/α-hetero) is 1. The Kier molecular flexibility index (Phi) is 4.39. The first-order chi connectivity index (χ1) is 11.0. The lowest BCUT2D eigenvalue weighted by atomic mass is 10.00. The number of anilines is 1. The lowest BCUT2D eigenvalue weighted by Gasteiger charge is -2.09. The lowest BCUT2D eigenvalue weighted by Crippen LogP contribution is -2.08. The number of allylic oxidation sites excluding steroid dienone is 1. The molecular formula is C19H18ClNO2. The fraction of sp³-hybridized carbons (Fsp3) is 0.211. The van der Waals surface area contributed by atoms with Crippen LogP contribution in [0.25, 0.3) is 0 Å². The van der Waals surface area contributed by atoms with Crippen molar-refractivity contribution in [3.05, 3.63) is 70.4 Å². The third kappa shape index (κ3) is 3.57. The number of carbonyl (C=O) groups is 1. The molecule has 4 heteroatoms. The van der Waals surface area contributed by atoms with E-state index in [1.54, 1.807) is 25.3 Å². The first-order valence-electron chi connectivity index (χ1n) is 7.46. The summed E-state index contributed by atoms with van der Waals surface area (Å²) in [5, 5.41) is 3.84. The zero-order valence-corrected chi connectivity index (χ0v) is 13.7. The van der Waals surface area contributed by atoms with E-state index in [0.717, 1.165) is 28.9 Å². The lowest BCUT2D eigenvalue weighted by molar-refractivity contribution is -0.117. The third-order valence-electron chi connectivity index (χ3n) is 3.92. The summed E-state index contributed by atoms with van der Waals surface area (Å²) >= 11 is 6.01. The molecular weight excluding hydrogens is 310 g/mol. The minimum atomic E-state index is 0.135. The van der Waals surface area contributed by atoms with Crippen LogP contribution in [0.1, 0.15) is 16.7 Å². The molecule has 0 saturated carbocycles. The van der Waals surface area contributed by atoms with E-state index in [9.17, 15) is 4.79 Å². The first kappa shape index (κ1) is 15.6. The van der Waals surface area contributed by atoms with Crippen LogP contribution in [0.5, 0.6) is 5.75 Å². The van der Waals surface area contributed by atoms with Crippen LogP contribution in [0, 0.1) is 0 Å². The van der Waals surface area contributed by atoms with Gasteiger partial charge in [-0.25, -0.2) is 0 Å². The molecule has 0 radical (unpaired) electrons. The maximum Gasteiger partial charge on any atom is 0.141 e. The molecule has 3 rings (SSSR count). The van der Waals surface area contributed by atoms with Crippen LogP contribution in [0.2, 0.25) is 5.02 Å². The van der Waals surface area contributed by atoms with Crippen LogP contribution >= 0.6 is 11.6 Å². The van der Waals surface area contributed by atoms with Crippen molar-refractivity contribution in [2.75, 3.05) is 12.4 Å². The Morgan fingerprint density at radius 1 is 1.26 bits per heavy atom. The Hall–Kier alpha value is -2.26. The molecule has 0 aliphatic carbocycles. The molecule has 0 fully saturated rings. The molecule has 1 aliphatic heterocycles. The topological polar surface area (TPSA) is 38.3 Å². The van der Waals surface area contributed by atoms with E-state index < -0.39 is 0 Å². The largest absolute Gasteiger partial charge is 0.496 e. The maximum atomic E-state index is 12.4. The molecule has 0 aromatic heterocycles. The highest BCUT2D eigenvalue weighted by Gasteiger charge is 2.15. The number of nitrogens with one attached hydrogen (secondary N) is 1. The van der Waals surface area contributed by atoms with E-state index in [1.807, 2.05) is 12.1 Å². The highest BCUT2D eigenvalue weighted by Crippen LogP contribution is 2.28. The Labute approximate surface area is 140 Å². The van der Waals surface area contributed by atoms with Crippen LogP contribution in [0.4, 0.5) is 5.69 Å². The van der Waals surface area contributed by atoms with Gasteiger partial charge in [-0.3, -0.25) is 4.79 Å². The van der Waals surface area contributed by atoms with Gasteiger partial charge in [-0.05, 0) is 35.4 Å². The monoisotopic (exact) mass is 327 g/mol. The van der Waals surface area contributed by atoms with Gasteiger partial charge in [0.1, 0.15) is 11.5 Å². The second-order valence-corrected chi connectivity index (χ2v) is 6.18. The Morgan fingerprint density at radius 3 is 2.87 bits per heavy atom. The van der Waals surface area contributed by atoms with Gasteiger partial charge in [-0.1, -0.05) is 30.3 Å². The standard InChI is InChI=1S/C19H18ClNO2/c1-12-7-14-8-13(3-5-18(14)21-12)9-17(22)11-15-10-16(20)4-6-19(15)23-2/h3-6,8,10,21H,1,7,9,11H2,2H3. The second kappa shape index (κ2) is 6.47. The van der Waals surface area contributed by atoms with Gasteiger partial charge in [-0.15, -0.1) is 0 Å². The smallest absolute Gasteiger partial charge is 0.141 e. The molecule has 2 aromatic carbocycles. The summed E-state index contributed by atoms with van der Waals surface area (Å²) in [6, 6.07) is 11.4. The molecule has 1 aliphatic rings. The number of hydrogen-bond acceptors (Lipinski definition) is 3. The fourth-order valence-electron chi connectivity index (χ4n) is 2.88. The van der Waals surface area contributed by atoms with E-state index in [1.165, 1.54) is 5.56 Å². The fourth-order valence-corrected chi connectivity index (χ4v) is 3.07. The molecule has 0 amide bonds. The molecule has 0 unspecified atom stereocenters. The summed E-state index contributed by atoms with van der Waals surface area (Å²) in [6.07, 6.45) is 1.53. The number of methoxy groups -OCH3 is 1. The van der Waals surface area contributed by atoms with Gasteiger partial charge >= 0.3 is 0 Å². The highest BCUT2D eigenvalue weighted by atomic mass is 35.5. The molecule has 118 valence electrons. The average molecular weight is 328 g/mol. The van der Waals surface area contributed by atoms with E-state index in [0.29, 0.717) is 23.6 Å². The van der Waals surface area contributed by atoms with Gasteiger partial charge in [0, 0.05) is 41.2 Å². The highest BCUT2D eigenvalue weighted by molar-refractivity contribution is 6.30. The molecule has 1 heterocycles. The summed E-state index contributed by atoms with van der Waals surface area (Å²) in [4.78, 5) is 12.4. The predicted molar refractivity (Wildman–Crippen MR) is 93.3 cm³/mol. The van der Waals surface area contributed by atoms with Gasteiger partial charge in [0.25, 0.3) is 0 Å². The van der Waals surface area contributed by atoms with Gasteiger partial charge in [-0.2, -0.15) is 0 Å². The summed E-state index contributed by atoms with van der Waals surface area (Å²) in [5.41, 5.74) is 5.11. The number of fused-ring (bicyclic) bond motifs is 1. The van der Waals surface area contributed by atoms with Gasteiger partial charge < -0.3 is 10.1 Å². The van der Waals surface area contributed by atoms with Crippen LogP contribution in [-0.2, 0) is 24.1 Å². The minimum Gasteiger partial charge on any atom is -0.496 e. The summed E-state index contributed by atoms with van der Waals surface area (Å²) in [7, 11) is 1.59. The summed E-state index contributed by atoms with van der Waals surface area (Å²) < 4.78 is 5.29. The third-order valence-corrected chi connectivity index (χ3v) is 4.15. The number of benzene rings is 2. The number of carbonyl (C=O) groups excluding carboxylic acids is 1. The predicted octanol–water partition coefficient (Wildman–Crippen LogP) is 4.18. The van der Waals surface area contributed by atoms with Gasteiger partial charge in [0.05, 0.1) is 7.11 Å². The molecule has 23 heavy (non-hydrogen) atoms. The van der Waals surface area contributed by atoms with E-state index in [4.69, 9.17) is 16.3 Å². The first-order valence-corrected chi connectivity index (χ1v) is 7.83. The van der Waals surface area contributed by atoms with Crippen molar-refractivity contribution in [1.82, 2.24) is 0 Å². The van der Waals surface area contributed by atoms with Gasteiger partial charge in [0.15, 0.2) is 0 Å². The summed E-state index contributed by atoms with van der Waals surface area (Å²) in [6.45, 7) is 3.94. The van der Waals surface area contributed by atoms with Crippen molar-refractivity contribution in [2.24, 2.45) is 0 Å². The number of halogens is 1. The van der Waals surface area contributed by atoms with Crippen molar-refractivity contribution in [3.63, 3.8) is 0 Å². The Bertz CT molecular complexity index is 783. The number of ether oxygens (including phenoxy) is 1. The number of rotatable bonds is 5. The van der Waals surface area contributed by atoms with Crippen molar-refractivity contribution in [1.29, 1.82) is 0 Å². The zero-order valence-electron chi connectivity index (χ0n) is 13.0. The van der Waals surface area contributed by atoms with Crippen LogP contribution in [-0.4, -0.2) is 12.9 Å². The molecule has 0 saturated heterocycles. The van der Waals surface area contributed by atoms with Gasteiger partial charge in [0.2, 0.25) is 0 Å². The van der Waals surface area contributed by atoms with Crippen molar-refractivity contribution in [3.8, 4) is 5.75 Å². The minimum absolute atomic E-state index is 0.135. The molecule has 0 spiro atoms. The van der Waals surface area contributed by atoms with E-state index in [-0.39, 0.29) is 5.78 Å². The molecule has 3 nitrogen and oxygen atoms in total. The van der Waals surface area contributed by atoms with Crippen molar-refractivity contribution in [2.45, 2.75) is 19.3 Å². The Balaban J connectivity index is 1.72. The van der Waals surface area contributed by atoms with Crippen LogP contribution in [0.15, 0.2) is 48.7 Å². The molecule has 0 bridgehead atoms. The number of ketones is 1. The molecule has 1 N–H and O–H groups in total. The van der Waals surface area contributed by atoms with Crippen LogP contribution in [0.3, 0.4) is 0 Å². The number of hydrogen-bond donors (Lipinski definition) is 1. The van der Waals surface area contributed by atoms with E-state index in [2.05, 4.69) is 18.0 Å². The summed E-state index contributed by atoms with van der Waals surface area (Å²) in [5.74, 6) is 0.826. The Morgan fingerprint density at radius 2 is 2.09 bits per heavy atom. The normalized spacial score (nSPS) is 12.7. The van der Waals surface area contributed by atoms with Crippen molar-refractivity contribution >= 4 is 23.1 Å². The SMILES string of the molecule is C=C1Cc2cc(CC(=O)Cc3cc(Cl)ccc3OC)ccc2N1. The molecule has 0 atom stereocenters. The zero-order chi connectivity index (χ0) is 16.4. The maximum absolute atomic E-state index is 12.4.